The highest BCUT2D eigenvalue weighted by Crippen LogP contribution is 2.25. The molecule has 0 spiro atoms. The average Bonchev–Trinajstić information content (AvgIpc) is 3.12. The molecule has 1 fully saturated rings. The zero-order valence-corrected chi connectivity index (χ0v) is 12.4. The van der Waals surface area contributed by atoms with Crippen molar-refractivity contribution in [1.82, 2.24) is 15.0 Å². The van der Waals surface area contributed by atoms with Crippen LogP contribution in [-0.4, -0.2) is 40.6 Å². The summed E-state index contributed by atoms with van der Waals surface area (Å²) in [4.78, 5) is 18.6. The number of hydrogen-bond acceptors (Lipinski definition) is 5. The van der Waals surface area contributed by atoms with Crippen LogP contribution in [0.1, 0.15) is 42.2 Å². The third kappa shape index (κ3) is 2.51. The Labute approximate surface area is 123 Å². The number of likely N-dealkylation sites (tertiary alicyclic amines) is 1. The first-order chi connectivity index (χ1) is 10.1. The second-order valence-corrected chi connectivity index (χ2v) is 5.94. The van der Waals surface area contributed by atoms with Crippen LogP contribution < -0.4 is 5.73 Å². The van der Waals surface area contributed by atoms with Gasteiger partial charge in [-0.3, -0.25) is 4.79 Å². The Bertz CT molecular complexity index is 665. The number of aromatic nitrogens is 2. The summed E-state index contributed by atoms with van der Waals surface area (Å²) >= 11 is 0. The van der Waals surface area contributed by atoms with Gasteiger partial charge < -0.3 is 15.2 Å². The van der Waals surface area contributed by atoms with E-state index in [1.165, 1.54) is 0 Å². The van der Waals surface area contributed by atoms with E-state index < -0.39 is 0 Å². The molecule has 0 aliphatic carbocycles. The average molecular weight is 288 g/mol. The Morgan fingerprint density at radius 2 is 2.38 bits per heavy atom. The first-order valence-corrected chi connectivity index (χ1v) is 7.34. The number of carbonyl (C=O) groups excluding carboxylic acids is 1. The van der Waals surface area contributed by atoms with Crippen LogP contribution in [0.4, 0.5) is 0 Å². The van der Waals surface area contributed by atoms with Crippen molar-refractivity contribution in [3.63, 3.8) is 0 Å². The predicted molar refractivity (Wildman–Crippen MR) is 79.0 cm³/mol. The van der Waals surface area contributed by atoms with Crippen molar-refractivity contribution in [3.8, 4) is 0 Å². The molecular weight excluding hydrogens is 268 g/mol. The molecule has 0 radical (unpaired) electrons. The third-order valence-electron chi connectivity index (χ3n) is 4.06. The second-order valence-electron chi connectivity index (χ2n) is 5.94. The Morgan fingerprint density at radius 3 is 3.05 bits per heavy atom. The molecule has 0 aromatic carbocycles. The molecule has 3 rings (SSSR count). The number of nitrogens with zero attached hydrogens (tertiary/aromatic N) is 3. The summed E-state index contributed by atoms with van der Waals surface area (Å²) in [6.45, 7) is 6.20. The fourth-order valence-electron chi connectivity index (χ4n) is 2.78. The molecule has 0 saturated carbocycles. The summed E-state index contributed by atoms with van der Waals surface area (Å²) in [7, 11) is 0. The quantitative estimate of drug-likeness (QED) is 0.930. The molecule has 2 aromatic rings. The van der Waals surface area contributed by atoms with Gasteiger partial charge in [-0.2, -0.15) is 0 Å². The van der Waals surface area contributed by atoms with E-state index in [4.69, 9.17) is 10.3 Å². The summed E-state index contributed by atoms with van der Waals surface area (Å²) in [5.74, 6) is 0.649. The third-order valence-corrected chi connectivity index (χ3v) is 4.06. The lowest BCUT2D eigenvalue weighted by atomic mass is 10.1. The van der Waals surface area contributed by atoms with Crippen molar-refractivity contribution in [2.24, 2.45) is 11.7 Å². The zero-order chi connectivity index (χ0) is 15.0. The number of carbonyl (C=O) groups is 1. The van der Waals surface area contributed by atoms with Crippen LogP contribution in [0.5, 0.6) is 0 Å². The predicted octanol–water partition coefficient (Wildman–Crippen LogP) is 1.77. The monoisotopic (exact) mass is 288 g/mol. The van der Waals surface area contributed by atoms with Crippen molar-refractivity contribution < 1.29 is 9.32 Å². The van der Waals surface area contributed by atoms with Gasteiger partial charge in [-0.15, -0.1) is 0 Å². The molecule has 6 nitrogen and oxygen atoms in total. The van der Waals surface area contributed by atoms with E-state index in [0.29, 0.717) is 23.7 Å². The minimum absolute atomic E-state index is 0.0104. The maximum atomic E-state index is 12.5. The van der Waals surface area contributed by atoms with Crippen LogP contribution in [0.15, 0.2) is 16.8 Å². The highest BCUT2D eigenvalue weighted by molar-refractivity contribution is 5.97. The lowest BCUT2D eigenvalue weighted by Gasteiger charge is -2.16. The maximum Gasteiger partial charge on any atom is 0.257 e. The van der Waals surface area contributed by atoms with Crippen LogP contribution in [0, 0.1) is 5.92 Å². The van der Waals surface area contributed by atoms with Crippen molar-refractivity contribution in [2.75, 3.05) is 19.6 Å². The van der Waals surface area contributed by atoms with Gasteiger partial charge in [0.05, 0.1) is 16.6 Å². The normalized spacial score (nSPS) is 18.9. The summed E-state index contributed by atoms with van der Waals surface area (Å²) in [5.41, 5.74) is 7.59. The highest BCUT2D eigenvalue weighted by Gasteiger charge is 2.27. The second kappa shape index (κ2) is 5.44. The fourth-order valence-corrected chi connectivity index (χ4v) is 2.78. The Balaban J connectivity index is 1.90. The summed E-state index contributed by atoms with van der Waals surface area (Å²) in [6.07, 6.45) is 2.54. The van der Waals surface area contributed by atoms with Crippen molar-refractivity contribution in [2.45, 2.75) is 26.2 Å². The van der Waals surface area contributed by atoms with Crippen LogP contribution in [0.3, 0.4) is 0 Å². The number of rotatable bonds is 3. The molecule has 1 atom stereocenters. The number of pyridine rings is 1. The van der Waals surface area contributed by atoms with Gasteiger partial charge in [0, 0.05) is 19.3 Å². The van der Waals surface area contributed by atoms with Crippen LogP contribution in [0.25, 0.3) is 11.1 Å². The van der Waals surface area contributed by atoms with E-state index in [-0.39, 0.29) is 11.8 Å². The molecule has 1 saturated heterocycles. The van der Waals surface area contributed by atoms with Gasteiger partial charge >= 0.3 is 0 Å². The van der Waals surface area contributed by atoms with Crippen LogP contribution in [-0.2, 0) is 0 Å². The van der Waals surface area contributed by atoms with E-state index in [0.717, 1.165) is 30.6 Å². The molecule has 112 valence electrons. The van der Waals surface area contributed by atoms with Gasteiger partial charge in [0.2, 0.25) is 0 Å². The lowest BCUT2D eigenvalue weighted by molar-refractivity contribution is 0.0787. The van der Waals surface area contributed by atoms with E-state index in [1.807, 2.05) is 24.8 Å². The van der Waals surface area contributed by atoms with Gasteiger partial charge in [-0.1, -0.05) is 19.0 Å². The number of fused-ring (bicyclic) bond motifs is 1. The smallest absolute Gasteiger partial charge is 0.257 e. The molecule has 0 bridgehead atoms. The molecule has 1 unspecified atom stereocenters. The van der Waals surface area contributed by atoms with Gasteiger partial charge in [0.1, 0.15) is 0 Å². The largest absolute Gasteiger partial charge is 0.338 e. The van der Waals surface area contributed by atoms with E-state index in [1.54, 1.807) is 6.20 Å². The molecule has 1 aliphatic rings. The molecule has 3 heterocycles. The Hall–Kier alpha value is -1.95. The van der Waals surface area contributed by atoms with E-state index >= 15 is 0 Å². The highest BCUT2D eigenvalue weighted by atomic mass is 16.5. The van der Waals surface area contributed by atoms with Gasteiger partial charge in [-0.05, 0) is 30.9 Å². The summed E-state index contributed by atoms with van der Waals surface area (Å²) in [6, 6.07) is 1.84. The first-order valence-electron chi connectivity index (χ1n) is 7.34. The van der Waals surface area contributed by atoms with Crippen molar-refractivity contribution in [3.05, 3.63) is 23.5 Å². The molecule has 6 heteroatoms. The number of amides is 1. The topological polar surface area (TPSA) is 85.2 Å². The Morgan fingerprint density at radius 1 is 1.57 bits per heavy atom. The molecule has 1 aliphatic heterocycles. The molecule has 21 heavy (non-hydrogen) atoms. The van der Waals surface area contributed by atoms with Crippen molar-refractivity contribution >= 4 is 17.0 Å². The van der Waals surface area contributed by atoms with Gasteiger partial charge in [0.25, 0.3) is 11.6 Å². The Kier molecular flexibility index (Phi) is 3.63. The molecule has 1 amide bonds. The van der Waals surface area contributed by atoms with Gasteiger partial charge in [-0.25, -0.2) is 4.98 Å². The first kappa shape index (κ1) is 14.0. The minimum Gasteiger partial charge on any atom is -0.338 e. The van der Waals surface area contributed by atoms with E-state index in [9.17, 15) is 4.79 Å². The fraction of sp³-hybridized carbons (Fsp3) is 0.533. The van der Waals surface area contributed by atoms with Crippen molar-refractivity contribution in [1.29, 1.82) is 0 Å². The van der Waals surface area contributed by atoms with Crippen LogP contribution >= 0.6 is 0 Å². The number of hydrogen-bond donors (Lipinski definition) is 1. The van der Waals surface area contributed by atoms with E-state index in [2.05, 4.69) is 10.1 Å². The lowest BCUT2D eigenvalue weighted by Crippen LogP contribution is -2.29. The summed E-state index contributed by atoms with van der Waals surface area (Å²) < 4.78 is 5.20. The summed E-state index contributed by atoms with van der Waals surface area (Å²) in [5, 5.41) is 4.86. The molecular formula is C15H20N4O2. The maximum absolute atomic E-state index is 12.5. The molecule has 2 N–H and O–H groups in total. The number of nitrogens with two attached hydrogens (primary N) is 1. The van der Waals surface area contributed by atoms with Gasteiger partial charge in [0.15, 0.2) is 0 Å². The minimum atomic E-state index is 0.0104. The SMILES string of the molecule is CC(C)c1noc2ncc(C(=O)N3CCC(CN)C3)cc12. The standard InChI is InChI=1S/C15H20N4O2/c1-9(2)13-12-5-11(7-17-14(12)21-18-13)15(20)19-4-3-10(6-16)8-19/h5,7,9-10H,3-4,6,8,16H2,1-2H3. The van der Waals surface area contributed by atoms with Crippen LogP contribution in [0.2, 0.25) is 0 Å². The zero-order valence-electron chi connectivity index (χ0n) is 12.4. The molecule has 2 aromatic heterocycles.